The van der Waals surface area contributed by atoms with E-state index >= 15 is 0 Å². The number of aliphatic imine (C=N–C) groups is 1. The van der Waals surface area contributed by atoms with Crippen LogP contribution in [0.25, 0.3) is 17.1 Å². The van der Waals surface area contributed by atoms with Gasteiger partial charge in [-0.3, -0.25) is 9.69 Å². The van der Waals surface area contributed by atoms with Crippen LogP contribution in [0.5, 0.6) is 5.75 Å². The summed E-state index contributed by atoms with van der Waals surface area (Å²) in [5.41, 5.74) is 3.27. The smallest absolute Gasteiger partial charge is 0.406 e. The zero-order valence-corrected chi connectivity index (χ0v) is 23.7. The van der Waals surface area contributed by atoms with Crippen molar-refractivity contribution in [2.75, 3.05) is 16.0 Å². The van der Waals surface area contributed by atoms with Crippen LogP contribution in [0.2, 0.25) is 0 Å². The number of urea groups is 1. The molecular formula is C29H27F3N6O3S. The standard InChI is InChI=1S/C29H27F3N6O3S/c1-4-42-28(37(18-39)24-7-5-6-21(16-24)19(2)3)35-27(40)34-22-10-8-20(9-11-22)26-33-17-38(36-26)23-12-14-25(15-13-23)41-29(30,31)32/h5-19H,4H2,1-3H3,(H,34,40). The largest absolute Gasteiger partial charge is 0.573 e. The number of ether oxygens (including phenoxy) is 1. The minimum Gasteiger partial charge on any atom is -0.406 e. The fourth-order valence-electron chi connectivity index (χ4n) is 3.80. The number of rotatable bonds is 8. The van der Waals surface area contributed by atoms with Crippen LogP contribution >= 0.6 is 11.8 Å². The van der Waals surface area contributed by atoms with Crippen LogP contribution < -0.4 is 15.0 Å². The van der Waals surface area contributed by atoms with Crippen LogP contribution in [-0.4, -0.2) is 44.5 Å². The van der Waals surface area contributed by atoms with Crippen molar-refractivity contribution >= 4 is 40.7 Å². The molecule has 4 rings (SSSR count). The molecule has 218 valence electrons. The number of thioether (sulfide) groups is 1. The molecule has 0 radical (unpaired) electrons. The van der Waals surface area contributed by atoms with Crippen molar-refractivity contribution in [2.45, 2.75) is 33.1 Å². The van der Waals surface area contributed by atoms with E-state index in [9.17, 15) is 22.8 Å². The maximum atomic E-state index is 12.8. The number of nitrogens with one attached hydrogen (secondary N) is 1. The second-order valence-corrected chi connectivity index (χ2v) is 10.3. The summed E-state index contributed by atoms with van der Waals surface area (Å²) in [6.45, 7) is 6.01. The van der Waals surface area contributed by atoms with Crippen LogP contribution in [0.3, 0.4) is 0 Å². The van der Waals surface area contributed by atoms with Crippen molar-refractivity contribution in [1.29, 1.82) is 0 Å². The summed E-state index contributed by atoms with van der Waals surface area (Å²) in [6.07, 6.45) is -2.70. The molecule has 0 atom stereocenters. The number of carbonyl (C=O) groups excluding carboxylic acids is 2. The number of hydrogen-bond acceptors (Lipinski definition) is 6. The summed E-state index contributed by atoms with van der Waals surface area (Å²) in [6, 6.07) is 18.8. The Morgan fingerprint density at radius 2 is 1.83 bits per heavy atom. The minimum atomic E-state index is -4.77. The maximum Gasteiger partial charge on any atom is 0.573 e. The van der Waals surface area contributed by atoms with Gasteiger partial charge in [0.15, 0.2) is 11.0 Å². The third kappa shape index (κ3) is 7.97. The molecule has 3 amide bonds. The molecule has 0 spiro atoms. The molecule has 0 fully saturated rings. The monoisotopic (exact) mass is 596 g/mol. The highest BCUT2D eigenvalue weighted by Crippen LogP contribution is 2.26. The van der Waals surface area contributed by atoms with Gasteiger partial charge in [0.1, 0.15) is 12.1 Å². The van der Waals surface area contributed by atoms with Gasteiger partial charge in [-0.05, 0) is 77.9 Å². The number of nitrogens with zero attached hydrogens (tertiary/aromatic N) is 5. The van der Waals surface area contributed by atoms with Crippen molar-refractivity contribution in [3.63, 3.8) is 0 Å². The van der Waals surface area contributed by atoms with Crippen molar-refractivity contribution < 1.29 is 27.5 Å². The third-order valence-electron chi connectivity index (χ3n) is 5.82. The zero-order valence-electron chi connectivity index (χ0n) is 22.9. The third-order valence-corrected chi connectivity index (χ3v) is 6.65. The summed E-state index contributed by atoms with van der Waals surface area (Å²) in [5.74, 6) is 0.892. The Bertz CT molecular complexity index is 1550. The first-order valence-electron chi connectivity index (χ1n) is 12.8. The van der Waals surface area contributed by atoms with Crippen molar-refractivity contribution in [1.82, 2.24) is 14.8 Å². The average molecular weight is 597 g/mol. The topological polar surface area (TPSA) is 102 Å². The van der Waals surface area contributed by atoms with Gasteiger partial charge in [-0.1, -0.05) is 44.7 Å². The molecule has 1 N–H and O–H groups in total. The van der Waals surface area contributed by atoms with Gasteiger partial charge in [0.05, 0.1) is 11.4 Å². The Morgan fingerprint density at radius 3 is 2.45 bits per heavy atom. The van der Waals surface area contributed by atoms with Crippen LogP contribution in [0.4, 0.5) is 29.3 Å². The summed E-state index contributed by atoms with van der Waals surface area (Å²) < 4.78 is 42.5. The van der Waals surface area contributed by atoms with Crippen LogP contribution in [-0.2, 0) is 4.79 Å². The van der Waals surface area contributed by atoms with E-state index in [4.69, 9.17) is 0 Å². The molecule has 0 unspecified atom stereocenters. The predicted molar refractivity (Wildman–Crippen MR) is 157 cm³/mol. The Labute approximate surface area is 244 Å². The number of benzene rings is 3. The van der Waals surface area contributed by atoms with E-state index in [0.29, 0.717) is 40.6 Å². The number of anilines is 2. The first-order chi connectivity index (χ1) is 20.1. The van der Waals surface area contributed by atoms with Gasteiger partial charge < -0.3 is 10.1 Å². The van der Waals surface area contributed by atoms with E-state index in [2.05, 4.69) is 39.0 Å². The number of amides is 3. The lowest BCUT2D eigenvalue weighted by molar-refractivity contribution is -0.274. The second kappa shape index (κ2) is 13.3. The second-order valence-electron chi connectivity index (χ2n) is 9.11. The van der Waals surface area contributed by atoms with E-state index in [1.807, 2.05) is 25.1 Å². The van der Waals surface area contributed by atoms with Crippen LogP contribution in [0.1, 0.15) is 32.3 Å². The first kappa shape index (κ1) is 30.3. The molecular weight excluding hydrogens is 569 g/mol. The minimum absolute atomic E-state index is 0.246. The fourth-order valence-corrected chi connectivity index (χ4v) is 4.49. The molecule has 0 aliphatic heterocycles. The average Bonchev–Trinajstić information content (AvgIpc) is 3.44. The number of alkyl halides is 3. The summed E-state index contributed by atoms with van der Waals surface area (Å²) >= 11 is 1.27. The van der Waals surface area contributed by atoms with Crippen LogP contribution in [0.15, 0.2) is 84.1 Å². The van der Waals surface area contributed by atoms with Gasteiger partial charge in [-0.2, -0.15) is 4.99 Å². The molecule has 3 aromatic carbocycles. The Balaban J connectivity index is 1.45. The molecule has 42 heavy (non-hydrogen) atoms. The molecule has 0 aliphatic rings. The molecule has 13 heteroatoms. The molecule has 0 saturated heterocycles. The summed E-state index contributed by atoms with van der Waals surface area (Å²) in [4.78, 5) is 34.6. The molecule has 9 nitrogen and oxygen atoms in total. The number of carbonyl (C=O) groups is 2. The van der Waals surface area contributed by atoms with Crippen molar-refractivity contribution in [2.24, 2.45) is 4.99 Å². The molecule has 0 bridgehead atoms. The maximum absolute atomic E-state index is 12.8. The van der Waals surface area contributed by atoms with Gasteiger partial charge in [-0.25, -0.2) is 14.5 Å². The fraction of sp³-hybridized carbons (Fsp3) is 0.207. The molecule has 0 saturated carbocycles. The van der Waals surface area contributed by atoms with E-state index in [1.54, 1.807) is 30.3 Å². The SMILES string of the molecule is CCSC(=NC(=O)Nc1ccc(-c2ncn(-c3ccc(OC(F)(F)F)cc3)n2)cc1)N(C=O)c1cccc(C(C)C)c1. The lowest BCUT2D eigenvalue weighted by Gasteiger charge is -2.20. The lowest BCUT2D eigenvalue weighted by atomic mass is 10.0. The first-order valence-corrected chi connectivity index (χ1v) is 13.8. The highest BCUT2D eigenvalue weighted by atomic mass is 32.2. The van der Waals surface area contributed by atoms with Gasteiger partial charge >= 0.3 is 12.4 Å². The van der Waals surface area contributed by atoms with Crippen LogP contribution in [0, 0.1) is 0 Å². The van der Waals surface area contributed by atoms with Gasteiger partial charge in [0.2, 0.25) is 6.41 Å². The number of hydrogen-bond donors (Lipinski definition) is 1. The van der Waals surface area contributed by atoms with E-state index < -0.39 is 12.4 Å². The Morgan fingerprint density at radius 1 is 1.12 bits per heavy atom. The lowest BCUT2D eigenvalue weighted by Crippen LogP contribution is -2.29. The Kier molecular flexibility index (Phi) is 9.63. The molecule has 0 aliphatic carbocycles. The normalized spacial score (nSPS) is 11.8. The summed E-state index contributed by atoms with van der Waals surface area (Å²) in [7, 11) is 0. The van der Waals surface area contributed by atoms with E-state index in [0.717, 1.165) is 5.56 Å². The van der Waals surface area contributed by atoms with Gasteiger partial charge in [-0.15, -0.1) is 18.3 Å². The van der Waals surface area contributed by atoms with Crippen molar-refractivity contribution in [3.05, 3.63) is 84.7 Å². The quantitative estimate of drug-likeness (QED) is 0.131. The van der Waals surface area contributed by atoms with Gasteiger partial charge in [0.25, 0.3) is 0 Å². The highest BCUT2D eigenvalue weighted by Gasteiger charge is 2.31. The van der Waals surface area contributed by atoms with Crippen molar-refractivity contribution in [3.8, 4) is 22.8 Å². The number of halogens is 3. The highest BCUT2D eigenvalue weighted by molar-refractivity contribution is 8.14. The predicted octanol–water partition coefficient (Wildman–Crippen LogP) is 7.26. The molecule has 4 aromatic rings. The van der Waals surface area contributed by atoms with Gasteiger partial charge in [0, 0.05) is 11.3 Å². The zero-order chi connectivity index (χ0) is 30.3. The van der Waals surface area contributed by atoms with E-state index in [-0.39, 0.29) is 16.8 Å². The molecule has 1 aromatic heterocycles. The molecule has 1 heterocycles. The van der Waals surface area contributed by atoms with E-state index in [1.165, 1.54) is 51.9 Å². The summed E-state index contributed by atoms with van der Waals surface area (Å²) in [5, 5.41) is 7.32. The number of aromatic nitrogens is 3. The number of amidine groups is 1. The Hall–Kier alpha value is -4.65.